The summed E-state index contributed by atoms with van der Waals surface area (Å²) in [6.07, 6.45) is 4.24. The molecule has 1 aromatic heterocycles. The van der Waals surface area contributed by atoms with Gasteiger partial charge in [0.25, 0.3) is 0 Å². The highest BCUT2D eigenvalue weighted by molar-refractivity contribution is 5.42. The van der Waals surface area contributed by atoms with E-state index in [-0.39, 0.29) is 6.61 Å². The van der Waals surface area contributed by atoms with Crippen molar-refractivity contribution in [3.05, 3.63) is 24.0 Å². The number of rotatable bonds is 7. The SMILES string of the molecule is CCNc1ccnc(CN2CCC(OCCO)CC2)c1. The van der Waals surface area contributed by atoms with Crippen molar-refractivity contribution in [2.24, 2.45) is 0 Å². The molecule has 1 aliphatic rings. The van der Waals surface area contributed by atoms with Crippen molar-refractivity contribution in [1.82, 2.24) is 9.88 Å². The lowest BCUT2D eigenvalue weighted by Crippen LogP contribution is -2.37. The molecule has 0 radical (unpaired) electrons. The second-order valence-corrected chi connectivity index (χ2v) is 5.14. The quantitative estimate of drug-likeness (QED) is 0.792. The monoisotopic (exact) mass is 279 g/mol. The lowest BCUT2D eigenvalue weighted by Gasteiger charge is -2.31. The molecule has 1 saturated heterocycles. The topological polar surface area (TPSA) is 57.6 Å². The third-order valence-electron chi connectivity index (χ3n) is 3.56. The van der Waals surface area contributed by atoms with Crippen molar-refractivity contribution in [2.45, 2.75) is 32.4 Å². The van der Waals surface area contributed by atoms with Crippen molar-refractivity contribution >= 4 is 5.69 Å². The van der Waals surface area contributed by atoms with E-state index >= 15 is 0 Å². The molecule has 1 fully saturated rings. The molecule has 112 valence electrons. The fourth-order valence-corrected chi connectivity index (χ4v) is 2.56. The van der Waals surface area contributed by atoms with E-state index in [0.29, 0.717) is 12.7 Å². The van der Waals surface area contributed by atoms with Gasteiger partial charge in [-0.2, -0.15) is 0 Å². The lowest BCUT2D eigenvalue weighted by molar-refractivity contribution is -0.00918. The molecule has 0 amide bonds. The Morgan fingerprint density at radius 1 is 1.45 bits per heavy atom. The van der Waals surface area contributed by atoms with E-state index in [1.165, 1.54) is 0 Å². The molecule has 0 bridgehead atoms. The van der Waals surface area contributed by atoms with E-state index in [1.807, 2.05) is 12.3 Å². The van der Waals surface area contributed by atoms with Crippen LogP contribution in [0.4, 0.5) is 5.69 Å². The van der Waals surface area contributed by atoms with Crippen LogP contribution in [0.3, 0.4) is 0 Å². The minimum Gasteiger partial charge on any atom is -0.394 e. The summed E-state index contributed by atoms with van der Waals surface area (Å²) in [6.45, 7) is 6.55. The number of hydrogen-bond donors (Lipinski definition) is 2. The Hall–Kier alpha value is -1.17. The smallest absolute Gasteiger partial charge is 0.0701 e. The predicted molar refractivity (Wildman–Crippen MR) is 79.7 cm³/mol. The van der Waals surface area contributed by atoms with Gasteiger partial charge in [-0.15, -0.1) is 0 Å². The highest BCUT2D eigenvalue weighted by Gasteiger charge is 2.19. The molecule has 0 aromatic carbocycles. The van der Waals surface area contributed by atoms with Gasteiger partial charge in [0.05, 0.1) is 25.0 Å². The number of aliphatic hydroxyl groups excluding tert-OH is 1. The van der Waals surface area contributed by atoms with E-state index in [0.717, 1.165) is 50.4 Å². The number of piperidine rings is 1. The zero-order valence-corrected chi connectivity index (χ0v) is 12.2. The van der Waals surface area contributed by atoms with Gasteiger partial charge in [-0.1, -0.05) is 0 Å². The number of ether oxygens (including phenoxy) is 1. The van der Waals surface area contributed by atoms with E-state index in [1.54, 1.807) is 0 Å². The van der Waals surface area contributed by atoms with Crippen LogP contribution in [0.15, 0.2) is 18.3 Å². The van der Waals surface area contributed by atoms with Gasteiger partial charge in [0.2, 0.25) is 0 Å². The Kier molecular flexibility index (Phi) is 6.24. The minimum absolute atomic E-state index is 0.112. The van der Waals surface area contributed by atoms with Crippen LogP contribution in [0.2, 0.25) is 0 Å². The number of aliphatic hydroxyl groups is 1. The fourth-order valence-electron chi connectivity index (χ4n) is 2.56. The zero-order valence-electron chi connectivity index (χ0n) is 12.2. The summed E-state index contributed by atoms with van der Waals surface area (Å²) in [5.74, 6) is 0. The molecule has 0 saturated carbocycles. The highest BCUT2D eigenvalue weighted by Crippen LogP contribution is 2.16. The molecule has 2 rings (SSSR count). The Morgan fingerprint density at radius 3 is 2.95 bits per heavy atom. The van der Waals surface area contributed by atoms with Crippen molar-refractivity contribution in [2.75, 3.05) is 38.2 Å². The van der Waals surface area contributed by atoms with Gasteiger partial charge >= 0.3 is 0 Å². The molecule has 20 heavy (non-hydrogen) atoms. The Labute approximate surface area is 121 Å². The third-order valence-corrected chi connectivity index (χ3v) is 3.56. The maximum Gasteiger partial charge on any atom is 0.0701 e. The number of anilines is 1. The molecule has 0 unspecified atom stereocenters. The highest BCUT2D eigenvalue weighted by atomic mass is 16.5. The molecule has 1 aliphatic heterocycles. The minimum atomic E-state index is 0.112. The summed E-state index contributed by atoms with van der Waals surface area (Å²) in [7, 11) is 0. The van der Waals surface area contributed by atoms with Crippen LogP contribution in [-0.4, -0.2) is 53.9 Å². The summed E-state index contributed by atoms with van der Waals surface area (Å²) < 4.78 is 5.58. The Balaban J connectivity index is 1.78. The summed E-state index contributed by atoms with van der Waals surface area (Å²) in [4.78, 5) is 6.85. The molecule has 0 atom stereocenters. The van der Waals surface area contributed by atoms with Crippen molar-refractivity contribution < 1.29 is 9.84 Å². The van der Waals surface area contributed by atoms with E-state index < -0.39 is 0 Å². The molecule has 0 spiro atoms. The van der Waals surface area contributed by atoms with Gasteiger partial charge in [-0.3, -0.25) is 9.88 Å². The third kappa shape index (κ3) is 4.74. The standard InChI is InChI=1S/C15H25N3O2/c1-2-16-13-3-6-17-14(11-13)12-18-7-4-15(5-8-18)20-10-9-19/h3,6,11,15,19H,2,4-5,7-10,12H2,1H3,(H,16,17). The van der Waals surface area contributed by atoms with Gasteiger partial charge in [-0.05, 0) is 31.9 Å². The largest absolute Gasteiger partial charge is 0.394 e. The first-order chi connectivity index (χ1) is 9.81. The average molecular weight is 279 g/mol. The van der Waals surface area contributed by atoms with Gasteiger partial charge in [0.15, 0.2) is 0 Å². The Morgan fingerprint density at radius 2 is 2.25 bits per heavy atom. The first-order valence-corrected chi connectivity index (χ1v) is 7.45. The summed E-state index contributed by atoms with van der Waals surface area (Å²) in [5.41, 5.74) is 2.25. The van der Waals surface area contributed by atoms with E-state index in [4.69, 9.17) is 9.84 Å². The summed E-state index contributed by atoms with van der Waals surface area (Å²) in [5, 5.41) is 12.1. The molecule has 0 aliphatic carbocycles. The number of pyridine rings is 1. The normalized spacial score (nSPS) is 17.3. The van der Waals surface area contributed by atoms with Crippen molar-refractivity contribution in [1.29, 1.82) is 0 Å². The van der Waals surface area contributed by atoms with Crippen LogP contribution in [0, 0.1) is 0 Å². The first kappa shape index (κ1) is 15.2. The second-order valence-electron chi connectivity index (χ2n) is 5.14. The maximum absolute atomic E-state index is 8.76. The van der Waals surface area contributed by atoms with Crippen LogP contribution in [0.25, 0.3) is 0 Å². The van der Waals surface area contributed by atoms with Crippen LogP contribution < -0.4 is 5.32 Å². The van der Waals surface area contributed by atoms with Crippen LogP contribution >= 0.6 is 0 Å². The number of aromatic nitrogens is 1. The molecule has 5 nitrogen and oxygen atoms in total. The van der Waals surface area contributed by atoms with E-state index in [2.05, 4.69) is 28.2 Å². The summed E-state index contributed by atoms with van der Waals surface area (Å²) >= 11 is 0. The number of nitrogens with zero attached hydrogens (tertiary/aromatic N) is 2. The van der Waals surface area contributed by atoms with Gasteiger partial charge in [0, 0.05) is 38.1 Å². The summed E-state index contributed by atoms with van der Waals surface area (Å²) in [6, 6.07) is 4.12. The van der Waals surface area contributed by atoms with Gasteiger partial charge < -0.3 is 15.2 Å². The first-order valence-electron chi connectivity index (χ1n) is 7.45. The van der Waals surface area contributed by atoms with Gasteiger partial charge in [0.1, 0.15) is 0 Å². The molecule has 1 aromatic rings. The average Bonchev–Trinajstić information content (AvgIpc) is 2.47. The van der Waals surface area contributed by atoms with Crippen LogP contribution in [0.1, 0.15) is 25.5 Å². The second kappa shape index (κ2) is 8.19. The Bertz CT molecular complexity index is 392. The fraction of sp³-hybridized carbons (Fsp3) is 0.667. The van der Waals surface area contributed by atoms with E-state index in [9.17, 15) is 0 Å². The number of likely N-dealkylation sites (tertiary alicyclic amines) is 1. The molecule has 2 N–H and O–H groups in total. The molecule has 5 heteroatoms. The van der Waals surface area contributed by atoms with Gasteiger partial charge in [-0.25, -0.2) is 0 Å². The number of nitrogens with one attached hydrogen (secondary N) is 1. The zero-order chi connectivity index (χ0) is 14.2. The molecule has 2 heterocycles. The predicted octanol–water partition coefficient (Wildman–Crippen LogP) is 1.49. The number of hydrogen-bond acceptors (Lipinski definition) is 5. The van der Waals surface area contributed by atoms with Crippen LogP contribution in [-0.2, 0) is 11.3 Å². The molecular formula is C15H25N3O2. The molecular weight excluding hydrogens is 254 g/mol. The van der Waals surface area contributed by atoms with Crippen molar-refractivity contribution in [3.63, 3.8) is 0 Å². The van der Waals surface area contributed by atoms with Crippen LogP contribution in [0.5, 0.6) is 0 Å². The maximum atomic E-state index is 8.76. The van der Waals surface area contributed by atoms with Crippen molar-refractivity contribution in [3.8, 4) is 0 Å². The lowest BCUT2D eigenvalue weighted by atomic mass is 10.1.